The van der Waals surface area contributed by atoms with Crippen LogP contribution in [-0.4, -0.2) is 20.4 Å². The minimum Gasteiger partial charge on any atom is -0.508 e. The Bertz CT molecular complexity index is 1340. The van der Waals surface area contributed by atoms with Gasteiger partial charge in [0.2, 0.25) is 0 Å². The van der Waals surface area contributed by atoms with Gasteiger partial charge in [-0.2, -0.15) is 0 Å². The van der Waals surface area contributed by atoms with Crippen LogP contribution >= 0.6 is 0 Å². The molecule has 4 aromatic rings. The number of benzene rings is 4. The molecule has 4 N–H and O–H groups in total. The maximum Gasteiger partial charge on any atom is 0.119 e. The van der Waals surface area contributed by atoms with Crippen molar-refractivity contribution in [3.05, 3.63) is 117 Å². The van der Waals surface area contributed by atoms with Gasteiger partial charge >= 0.3 is 0 Å². The van der Waals surface area contributed by atoms with Crippen LogP contribution < -0.4 is 0 Å². The van der Waals surface area contributed by atoms with Gasteiger partial charge in [0, 0.05) is 12.8 Å². The first-order valence-electron chi connectivity index (χ1n) is 13.5. The van der Waals surface area contributed by atoms with Crippen molar-refractivity contribution in [1.82, 2.24) is 0 Å². The van der Waals surface area contributed by atoms with Crippen LogP contribution in [0.15, 0.2) is 72.8 Å². The number of phenols is 4. The van der Waals surface area contributed by atoms with Crippen LogP contribution in [-0.2, 0) is 12.8 Å². The molecule has 0 aliphatic heterocycles. The topological polar surface area (TPSA) is 80.9 Å². The van der Waals surface area contributed by atoms with Gasteiger partial charge in [-0.3, -0.25) is 0 Å². The van der Waals surface area contributed by atoms with Gasteiger partial charge in [-0.15, -0.1) is 0 Å². The molecule has 0 radical (unpaired) electrons. The number of phenolic OH excluding ortho intramolecular Hbond substituents is 4. The van der Waals surface area contributed by atoms with Gasteiger partial charge in [-0.05, 0) is 119 Å². The number of hydrogen-bond acceptors (Lipinski definition) is 4. The van der Waals surface area contributed by atoms with Gasteiger partial charge in [0.25, 0.3) is 0 Å². The molecule has 0 aromatic heterocycles. The highest BCUT2D eigenvalue weighted by molar-refractivity contribution is 5.47. The molecule has 0 saturated heterocycles. The minimum atomic E-state index is 0.253. The predicted octanol–water partition coefficient (Wildman–Crippen LogP) is 7.75. The molecule has 4 nitrogen and oxygen atoms in total. The largest absolute Gasteiger partial charge is 0.508 e. The minimum absolute atomic E-state index is 0.253. The number of aromatic hydroxyl groups is 4. The smallest absolute Gasteiger partial charge is 0.119 e. The zero-order valence-corrected chi connectivity index (χ0v) is 22.1. The van der Waals surface area contributed by atoms with Crippen LogP contribution in [0.3, 0.4) is 0 Å². The fourth-order valence-corrected chi connectivity index (χ4v) is 6.05. The van der Waals surface area contributed by atoms with Crippen LogP contribution in [0.4, 0.5) is 0 Å². The second-order valence-corrected chi connectivity index (χ2v) is 10.8. The lowest BCUT2D eigenvalue weighted by Crippen LogP contribution is -2.17. The Morgan fingerprint density at radius 3 is 1.34 bits per heavy atom. The molecule has 0 bridgehead atoms. The fourth-order valence-electron chi connectivity index (χ4n) is 6.05. The van der Waals surface area contributed by atoms with E-state index in [-0.39, 0.29) is 11.5 Å². The van der Waals surface area contributed by atoms with E-state index in [1.165, 1.54) is 24.0 Å². The van der Waals surface area contributed by atoms with Gasteiger partial charge in [0.1, 0.15) is 23.0 Å². The van der Waals surface area contributed by atoms with Crippen molar-refractivity contribution in [3.8, 4) is 23.0 Å². The van der Waals surface area contributed by atoms with Crippen molar-refractivity contribution < 1.29 is 20.4 Å². The molecule has 1 aliphatic carbocycles. The summed E-state index contributed by atoms with van der Waals surface area (Å²) in [5.74, 6) is 1.76. The lowest BCUT2D eigenvalue weighted by Gasteiger charge is -2.33. The molecule has 5 rings (SSSR count). The van der Waals surface area contributed by atoms with E-state index in [2.05, 4.69) is 24.3 Å². The molecule has 0 spiro atoms. The van der Waals surface area contributed by atoms with Gasteiger partial charge in [-0.1, -0.05) is 49.2 Å². The SMILES string of the molecule is Cc1cc(O)ccc1Cc1cc(C2CCCCC2c2ccc(O)c(Cc3ccc(O)cc3C)c2)ccc1O. The van der Waals surface area contributed by atoms with E-state index < -0.39 is 0 Å². The first-order chi connectivity index (χ1) is 18.3. The van der Waals surface area contributed by atoms with Crippen molar-refractivity contribution in [2.24, 2.45) is 0 Å². The molecule has 2 unspecified atom stereocenters. The summed E-state index contributed by atoms with van der Waals surface area (Å²) < 4.78 is 0. The van der Waals surface area contributed by atoms with Gasteiger partial charge in [0.15, 0.2) is 0 Å². The predicted molar refractivity (Wildman–Crippen MR) is 151 cm³/mol. The average molecular weight is 509 g/mol. The van der Waals surface area contributed by atoms with Crippen molar-refractivity contribution in [2.75, 3.05) is 0 Å². The Balaban J connectivity index is 1.44. The monoisotopic (exact) mass is 508 g/mol. The lowest BCUT2D eigenvalue weighted by molar-refractivity contribution is 0.384. The third kappa shape index (κ3) is 5.50. The van der Waals surface area contributed by atoms with Gasteiger partial charge in [0.05, 0.1) is 0 Å². The van der Waals surface area contributed by atoms with Crippen LogP contribution in [0.1, 0.15) is 82.0 Å². The van der Waals surface area contributed by atoms with E-state index in [4.69, 9.17) is 0 Å². The standard InChI is InChI=1S/C34H36O4/c1-21-15-29(35)11-7-23(21)17-27-19-25(9-13-33(27)37)31-5-3-4-6-32(31)26-10-14-34(38)28(20-26)18-24-8-12-30(36)16-22(24)2/h7-16,19-20,31-32,35-38H,3-6,17-18H2,1-2H3. The second-order valence-electron chi connectivity index (χ2n) is 10.8. The Kier molecular flexibility index (Phi) is 7.33. The van der Waals surface area contributed by atoms with Gasteiger partial charge < -0.3 is 20.4 Å². The van der Waals surface area contributed by atoms with E-state index in [0.29, 0.717) is 36.2 Å². The molecule has 196 valence electrons. The molecule has 1 aliphatic rings. The molecular weight excluding hydrogens is 472 g/mol. The van der Waals surface area contributed by atoms with E-state index in [0.717, 1.165) is 46.2 Å². The quantitative estimate of drug-likeness (QED) is 0.215. The first kappa shape index (κ1) is 25.7. The highest BCUT2D eigenvalue weighted by Gasteiger charge is 2.29. The van der Waals surface area contributed by atoms with Gasteiger partial charge in [-0.25, -0.2) is 0 Å². The lowest BCUT2D eigenvalue weighted by atomic mass is 9.71. The summed E-state index contributed by atoms with van der Waals surface area (Å²) in [7, 11) is 0. The molecule has 0 amide bonds. The summed E-state index contributed by atoms with van der Waals surface area (Å²) in [6.45, 7) is 3.96. The Hall–Kier alpha value is -3.92. The normalized spacial score (nSPS) is 17.4. The van der Waals surface area contributed by atoms with E-state index in [1.54, 1.807) is 24.3 Å². The summed E-state index contributed by atoms with van der Waals surface area (Å²) in [5, 5.41) is 40.9. The summed E-state index contributed by atoms with van der Waals surface area (Å²) >= 11 is 0. The maximum absolute atomic E-state index is 10.7. The molecule has 4 aromatic carbocycles. The summed E-state index contributed by atoms with van der Waals surface area (Å²) in [6.07, 6.45) is 5.73. The molecule has 2 atom stereocenters. The van der Waals surface area contributed by atoms with Crippen LogP contribution in [0, 0.1) is 13.8 Å². The molecule has 38 heavy (non-hydrogen) atoms. The molecule has 4 heteroatoms. The molecular formula is C34H36O4. The third-order valence-electron chi connectivity index (χ3n) is 8.24. The fraction of sp³-hybridized carbons (Fsp3) is 0.294. The molecule has 1 fully saturated rings. The number of hydrogen-bond donors (Lipinski definition) is 4. The number of aryl methyl sites for hydroxylation is 2. The van der Waals surface area contributed by atoms with Crippen LogP contribution in [0.2, 0.25) is 0 Å². The van der Waals surface area contributed by atoms with E-state index in [1.807, 2.05) is 38.1 Å². The van der Waals surface area contributed by atoms with Crippen molar-refractivity contribution in [1.29, 1.82) is 0 Å². The Morgan fingerprint density at radius 2 is 0.947 bits per heavy atom. The Labute approximate surface area is 224 Å². The molecule has 1 saturated carbocycles. The summed E-state index contributed by atoms with van der Waals surface area (Å²) in [5.41, 5.74) is 8.46. The number of rotatable bonds is 6. The van der Waals surface area contributed by atoms with Crippen LogP contribution in [0.5, 0.6) is 23.0 Å². The van der Waals surface area contributed by atoms with E-state index >= 15 is 0 Å². The van der Waals surface area contributed by atoms with E-state index in [9.17, 15) is 20.4 Å². The summed E-state index contributed by atoms with van der Waals surface area (Å²) in [6, 6.07) is 22.8. The highest BCUT2D eigenvalue weighted by Crippen LogP contribution is 2.45. The van der Waals surface area contributed by atoms with Crippen molar-refractivity contribution in [2.45, 2.75) is 64.2 Å². The second kappa shape index (κ2) is 10.8. The average Bonchev–Trinajstić information content (AvgIpc) is 2.90. The summed E-state index contributed by atoms with van der Waals surface area (Å²) in [4.78, 5) is 0. The maximum atomic E-state index is 10.7. The zero-order chi connectivity index (χ0) is 26.8. The zero-order valence-electron chi connectivity index (χ0n) is 22.1. The first-order valence-corrected chi connectivity index (χ1v) is 13.5. The molecule has 0 heterocycles. The van der Waals surface area contributed by atoms with Crippen LogP contribution in [0.25, 0.3) is 0 Å². The third-order valence-corrected chi connectivity index (χ3v) is 8.24. The van der Waals surface area contributed by atoms with Crippen molar-refractivity contribution >= 4 is 0 Å². The highest BCUT2D eigenvalue weighted by atomic mass is 16.3. The van der Waals surface area contributed by atoms with Crippen molar-refractivity contribution in [3.63, 3.8) is 0 Å². The Morgan fingerprint density at radius 1 is 0.526 bits per heavy atom.